The molecule has 0 spiro atoms. The van der Waals surface area contributed by atoms with Gasteiger partial charge in [-0.2, -0.15) is 9.50 Å². The first-order chi connectivity index (χ1) is 12.6. The molecular formula is C18H11ClF2N4S. The van der Waals surface area contributed by atoms with Crippen molar-refractivity contribution in [3.8, 4) is 11.3 Å². The number of fused-ring (bicyclic) bond motifs is 1. The van der Waals surface area contributed by atoms with Crippen LogP contribution in [0.5, 0.6) is 0 Å². The first-order valence-corrected chi connectivity index (χ1v) is 9.01. The topological polar surface area (TPSA) is 43.1 Å². The molecule has 8 heteroatoms. The number of hydrogen-bond acceptors (Lipinski definition) is 4. The van der Waals surface area contributed by atoms with E-state index < -0.39 is 0 Å². The zero-order chi connectivity index (χ0) is 18.1. The lowest BCUT2D eigenvalue weighted by molar-refractivity contribution is 0.617. The van der Waals surface area contributed by atoms with Crippen LogP contribution in [0.2, 0.25) is 5.02 Å². The van der Waals surface area contributed by atoms with Crippen molar-refractivity contribution in [2.24, 2.45) is 0 Å². The van der Waals surface area contributed by atoms with Crippen molar-refractivity contribution in [3.63, 3.8) is 0 Å². The van der Waals surface area contributed by atoms with Crippen molar-refractivity contribution in [3.05, 3.63) is 76.9 Å². The van der Waals surface area contributed by atoms with Crippen LogP contribution in [0, 0.1) is 11.6 Å². The highest BCUT2D eigenvalue weighted by molar-refractivity contribution is 7.98. The Kier molecular flexibility index (Phi) is 4.57. The van der Waals surface area contributed by atoms with Gasteiger partial charge in [0.2, 0.25) is 5.16 Å². The number of halogens is 3. The summed E-state index contributed by atoms with van der Waals surface area (Å²) >= 11 is 7.32. The largest absolute Gasteiger partial charge is 0.253 e. The summed E-state index contributed by atoms with van der Waals surface area (Å²) in [6, 6.07) is 12.4. The highest BCUT2D eigenvalue weighted by atomic mass is 35.5. The molecular weight excluding hydrogens is 378 g/mol. The molecule has 0 radical (unpaired) electrons. The van der Waals surface area contributed by atoms with Crippen molar-refractivity contribution >= 4 is 29.1 Å². The molecule has 4 rings (SSSR count). The average molecular weight is 389 g/mol. The normalized spacial score (nSPS) is 11.2. The fourth-order valence-electron chi connectivity index (χ4n) is 2.48. The van der Waals surface area contributed by atoms with E-state index in [0.717, 1.165) is 11.3 Å². The molecule has 2 heterocycles. The number of hydrogen-bond donors (Lipinski definition) is 0. The maximum atomic E-state index is 13.9. The Morgan fingerprint density at radius 1 is 1.04 bits per heavy atom. The number of thioether (sulfide) groups is 1. The zero-order valence-electron chi connectivity index (χ0n) is 13.2. The van der Waals surface area contributed by atoms with Crippen LogP contribution in [0.1, 0.15) is 5.56 Å². The molecule has 0 saturated carbocycles. The van der Waals surface area contributed by atoms with Gasteiger partial charge in [0.1, 0.15) is 11.6 Å². The first kappa shape index (κ1) is 16.9. The van der Waals surface area contributed by atoms with E-state index >= 15 is 0 Å². The van der Waals surface area contributed by atoms with Gasteiger partial charge in [0.05, 0.1) is 5.69 Å². The summed E-state index contributed by atoms with van der Waals surface area (Å²) in [7, 11) is 0. The predicted octanol–water partition coefficient (Wildman–Crippen LogP) is 5.02. The lowest BCUT2D eigenvalue weighted by Gasteiger charge is -2.03. The van der Waals surface area contributed by atoms with E-state index in [1.54, 1.807) is 41.0 Å². The molecule has 26 heavy (non-hydrogen) atoms. The van der Waals surface area contributed by atoms with Crippen molar-refractivity contribution in [2.75, 3.05) is 0 Å². The molecule has 0 bridgehead atoms. The smallest absolute Gasteiger partial charge is 0.220 e. The molecule has 0 aliphatic rings. The standard InChI is InChI=1S/C18H11ClF2N4S/c19-14-2-1-3-15(21)13(14)10-26-18-23-17-22-9-8-16(25(17)24-18)11-4-6-12(20)7-5-11/h1-9H,10H2. The third-order valence-corrected chi connectivity index (χ3v) is 4.99. The fourth-order valence-corrected chi connectivity index (χ4v) is 3.64. The Morgan fingerprint density at radius 3 is 2.62 bits per heavy atom. The Morgan fingerprint density at radius 2 is 1.85 bits per heavy atom. The second-order valence-electron chi connectivity index (χ2n) is 5.43. The van der Waals surface area contributed by atoms with Crippen molar-refractivity contribution in [2.45, 2.75) is 10.9 Å². The summed E-state index contributed by atoms with van der Waals surface area (Å²) in [6.45, 7) is 0. The van der Waals surface area contributed by atoms with Crippen LogP contribution in [0.3, 0.4) is 0 Å². The first-order valence-electron chi connectivity index (χ1n) is 7.65. The second-order valence-corrected chi connectivity index (χ2v) is 6.78. The van der Waals surface area contributed by atoms with Gasteiger partial charge in [-0.25, -0.2) is 13.8 Å². The van der Waals surface area contributed by atoms with Crippen molar-refractivity contribution in [1.29, 1.82) is 0 Å². The number of aromatic nitrogens is 4. The summed E-state index contributed by atoms with van der Waals surface area (Å²) < 4.78 is 28.6. The molecule has 0 amide bonds. The molecule has 4 nitrogen and oxygen atoms in total. The van der Waals surface area contributed by atoms with Crippen LogP contribution >= 0.6 is 23.4 Å². The molecule has 130 valence electrons. The molecule has 0 fully saturated rings. The van der Waals surface area contributed by atoms with Gasteiger partial charge in [0.15, 0.2) is 0 Å². The molecule has 2 aromatic carbocycles. The molecule has 0 aliphatic carbocycles. The lowest BCUT2D eigenvalue weighted by Crippen LogP contribution is -1.96. The summed E-state index contributed by atoms with van der Waals surface area (Å²) in [5.74, 6) is 0.0392. The van der Waals surface area contributed by atoms with E-state index in [9.17, 15) is 8.78 Å². The Hall–Kier alpha value is -2.51. The van der Waals surface area contributed by atoms with Crippen LogP contribution in [-0.4, -0.2) is 19.6 Å². The molecule has 0 N–H and O–H groups in total. The molecule has 4 aromatic rings. The van der Waals surface area contributed by atoms with E-state index in [2.05, 4.69) is 15.1 Å². The summed E-state index contributed by atoms with van der Waals surface area (Å²) in [5.41, 5.74) is 1.93. The minimum Gasteiger partial charge on any atom is -0.220 e. The maximum Gasteiger partial charge on any atom is 0.253 e. The third kappa shape index (κ3) is 3.27. The van der Waals surface area contributed by atoms with Crippen LogP contribution in [0.4, 0.5) is 8.78 Å². The number of rotatable bonds is 4. The number of nitrogens with zero attached hydrogens (tertiary/aromatic N) is 4. The zero-order valence-corrected chi connectivity index (χ0v) is 14.8. The summed E-state index contributed by atoms with van der Waals surface area (Å²) in [4.78, 5) is 8.55. The van der Waals surface area contributed by atoms with Crippen molar-refractivity contribution in [1.82, 2.24) is 19.6 Å². The monoisotopic (exact) mass is 388 g/mol. The van der Waals surface area contributed by atoms with Gasteiger partial charge in [-0.3, -0.25) is 0 Å². The van der Waals surface area contributed by atoms with Gasteiger partial charge in [0, 0.05) is 28.1 Å². The van der Waals surface area contributed by atoms with Crippen LogP contribution in [0.15, 0.2) is 59.9 Å². The molecule has 0 aliphatic heterocycles. The van der Waals surface area contributed by atoms with E-state index in [-0.39, 0.29) is 11.6 Å². The quantitative estimate of drug-likeness (QED) is 0.461. The minimum atomic E-state index is -0.362. The summed E-state index contributed by atoms with van der Waals surface area (Å²) in [5, 5.41) is 5.25. The third-order valence-electron chi connectivity index (χ3n) is 3.77. The predicted molar refractivity (Wildman–Crippen MR) is 97.1 cm³/mol. The molecule has 0 atom stereocenters. The van der Waals surface area contributed by atoms with Gasteiger partial charge in [0.25, 0.3) is 5.78 Å². The molecule has 0 unspecified atom stereocenters. The Bertz CT molecular complexity index is 1060. The van der Waals surface area contributed by atoms with E-state index in [1.807, 2.05) is 0 Å². The van der Waals surface area contributed by atoms with Crippen LogP contribution < -0.4 is 0 Å². The second kappa shape index (κ2) is 7.01. The van der Waals surface area contributed by atoms with Crippen LogP contribution in [-0.2, 0) is 5.75 Å². The molecule has 2 aromatic heterocycles. The highest BCUT2D eigenvalue weighted by Gasteiger charge is 2.13. The van der Waals surface area contributed by atoms with Gasteiger partial charge >= 0.3 is 0 Å². The fraction of sp³-hybridized carbons (Fsp3) is 0.0556. The summed E-state index contributed by atoms with van der Waals surface area (Å²) in [6.07, 6.45) is 1.62. The van der Waals surface area contributed by atoms with Gasteiger partial charge in [-0.1, -0.05) is 29.4 Å². The Balaban J connectivity index is 1.66. The number of benzene rings is 2. The van der Waals surface area contributed by atoms with E-state index in [0.29, 0.717) is 27.3 Å². The van der Waals surface area contributed by atoms with Crippen LogP contribution in [0.25, 0.3) is 17.0 Å². The van der Waals surface area contributed by atoms with E-state index in [1.165, 1.54) is 30.0 Å². The maximum absolute atomic E-state index is 13.9. The van der Waals surface area contributed by atoms with Gasteiger partial charge < -0.3 is 0 Å². The molecule has 0 saturated heterocycles. The van der Waals surface area contributed by atoms with Gasteiger partial charge in [-0.05, 0) is 42.5 Å². The Labute approximate surface area is 156 Å². The van der Waals surface area contributed by atoms with Gasteiger partial charge in [-0.15, -0.1) is 5.10 Å². The lowest BCUT2D eigenvalue weighted by atomic mass is 10.1. The average Bonchev–Trinajstić information content (AvgIpc) is 3.05. The van der Waals surface area contributed by atoms with Crippen molar-refractivity contribution < 1.29 is 8.78 Å². The SMILES string of the molecule is Fc1ccc(-c2ccnc3nc(SCc4c(F)cccc4Cl)nn23)cc1. The highest BCUT2D eigenvalue weighted by Crippen LogP contribution is 2.28. The van der Waals surface area contributed by atoms with E-state index in [4.69, 9.17) is 11.6 Å². The minimum absolute atomic E-state index is 0.300.